The van der Waals surface area contributed by atoms with Crippen LogP contribution in [0.3, 0.4) is 0 Å². The van der Waals surface area contributed by atoms with Gasteiger partial charge in [0, 0.05) is 6.61 Å². The van der Waals surface area contributed by atoms with Crippen LogP contribution in [0.4, 0.5) is 0 Å². The summed E-state index contributed by atoms with van der Waals surface area (Å²) in [7, 11) is 0. The van der Waals surface area contributed by atoms with Crippen LogP contribution in [0.15, 0.2) is 24.3 Å². The quantitative estimate of drug-likeness (QED) is 0.731. The van der Waals surface area contributed by atoms with E-state index in [1.54, 1.807) is 18.2 Å². The lowest BCUT2D eigenvalue weighted by molar-refractivity contribution is 0.0696. The minimum atomic E-state index is -0.901. The molecule has 1 aromatic rings. The first-order valence-electron chi connectivity index (χ1n) is 4.64. The van der Waals surface area contributed by atoms with E-state index in [0.29, 0.717) is 18.8 Å². The van der Waals surface area contributed by atoms with Gasteiger partial charge in [0.25, 0.3) is 0 Å². The highest BCUT2D eigenvalue weighted by Gasteiger charge is 2.02. The Morgan fingerprint density at radius 1 is 1.50 bits per heavy atom. The maximum Gasteiger partial charge on any atom is 0.335 e. The summed E-state index contributed by atoms with van der Waals surface area (Å²) in [6.45, 7) is 3.22. The number of benzene rings is 1. The molecule has 1 rings (SSSR count). The van der Waals surface area contributed by atoms with Gasteiger partial charge in [-0.2, -0.15) is 0 Å². The second kappa shape index (κ2) is 5.40. The van der Waals surface area contributed by atoms with Crippen LogP contribution < -0.4 is 0 Å². The molecule has 0 unspecified atom stereocenters. The molecular formula is C11H14O3. The Hall–Kier alpha value is -1.35. The van der Waals surface area contributed by atoms with E-state index in [1.807, 2.05) is 13.0 Å². The van der Waals surface area contributed by atoms with Crippen molar-refractivity contribution in [1.82, 2.24) is 0 Å². The van der Waals surface area contributed by atoms with Crippen molar-refractivity contribution >= 4 is 5.97 Å². The SMILES string of the molecule is CCCOCc1cccc(C(=O)O)c1. The molecule has 0 heterocycles. The highest BCUT2D eigenvalue weighted by Crippen LogP contribution is 2.06. The molecule has 0 aliphatic carbocycles. The summed E-state index contributed by atoms with van der Waals surface area (Å²) in [5.74, 6) is -0.901. The second-order valence-corrected chi connectivity index (χ2v) is 3.06. The Labute approximate surface area is 83.3 Å². The zero-order valence-electron chi connectivity index (χ0n) is 8.19. The Bertz CT molecular complexity index is 307. The lowest BCUT2D eigenvalue weighted by Gasteiger charge is -2.03. The number of rotatable bonds is 5. The highest BCUT2D eigenvalue weighted by atomic mass is 16.5. The van der Waals surface area contributed by atoms with Gasteiger partial charge in [0.2, 0.25) is 0 Å². The van der Waals surface area contributed by atoms with Gasteiger partial charge >= 0.3 is 5.97 Å². The monoisotopic (exact) mass is 194 g/mol. The summed E-state index contributed by atoms with van der Waals surface area (Å²) in [6.07, 6.45) is 0.971. The zero-order valence-corrected chi connectivity index (χ0v) is 8.19. The van der Waals surface area contributed by atoms with E-state index < -0.39 is 5.97 Å². The van der Waals surface area contributed by atoms with Crippen molar-refractivity contribution < 1.29 is 14.6 Å². The fraction of sp³-hybridized carbons (Fsp3) is 0.364. The summed E-state index contributed by atoms with van der Waals surface area (Å²) in [6, 6.07) is 6.81. The highest BCUT2D eigenvalue weighted by molar-refractivity contribution is 5.87. The van der Waals surface area contributed by atoms with Gasteiger partial charge in [0.15, 0.2) is 0 Å². The molecule has 0 aliphatic rings. The molecule has 1 aromatic carbocycles. The van der Waals surface area contributed by atoms with Crippen LogP contribution in [-0.2, 0) is 11.3 Å². The molecule has 0 saturated heterocycles. The molecule has 1 N–H and O–H groups in total. The maximum absolute atomic E-state index is 10.6. The van der Waals surface area contributed by atoms with Crippen molar-refractivity contribution in [1.29, 1.82) is 0 Å². The topological polar surface area (TPSA) is 46.5 Å². The maximum atomic E-state index is 10.6. The number of ether oxygens (including phenoxy) is 1. The van der Waals surface area contributed by atoms with E-state index in [-0.39, 0.29) is 0 Å². The van der Waals surface area contributed by atoms with E-state index >= 15 is 0 Å². The van der Waals surface area contributed by atoms with Gasteiger partial charge in [-0.3, -0.25) is 0 Å². The number of hydrogen-bond donors (Lipinski definition) is 1. The molecule has 0 spiro atoms. The third-order valence-corrected chi connectivity index (χ3v) is 1.79. The number of carbonyl (C=O) groups is 1. The van der Waals surface area contributed by atoms with E-state index in [1.165, 1.54) is 0 Å². The third-order valence-electron chi connectivity index (χ3n) is 1.79. The lowest BCUT2D eigenvalue weighted by atomic mass is 10.1. The first kappa shape index (κ1) is 10.7. The van der Waals surface area contributed by atoms with Crippen LogP contribution in [-0.4, -0.2) is 17.7 Å². The van der Waals surface area contributed by atoms with Gasteiger partial charge in [-0.05, 0) is 24.1 Å². The first-order chi connectivity index (χ1) is 6.74. The van der Waals surface area contributed by atoms with E-state index in [4.69, 9.17) is 9.84 Å². The molecule has 0 amide bonds. The molecular weight excluding hydrogens is 180 g/mol. The van der Waals surface area contributed by atoms with Crippen molar-refractivity contribution in [3.63, 3.8) is 0 Å². The molecule has 3 nitrogen and oxygen atoms in total. The normalized spacial score (nSPS) is 10.1. The minimum absolute atomic E-state index is 0.308. The van der Waals surface area contributed by atoms with Gasteiger partial charge in [-0.25, -0.2) is 4.79 Å². The number of hydrogen-bond acceptors (Lipinski definition) is 2. The Morgan fingerprint density at radius 2 is 2.29 bits per heavy atom. The molecule has 0 bridgehead atoms. The van der Waals surface area contributed by atoms with Gasteiger partial charge in [-0.15, -0.1) is 0 Å². The average Bonchev–Trinajstić information content (AvgIpc) is 2.19. The van der Waals surface area contributed by atoms with Gasteiger partial charge in [-0.1, -0.05) is 19.1 Å². The fourth-order valence-corrected chi connectivity index (χ4v) is 1.13. The summed E-state index contributed by atoms with van der Waals surface area (Å²) in [5, 5.41) is 8.74. The zero-order chi connectivity index (χ0) is 10.4. The molecule has 14 heavy (non-hydrogen) atoms. The molecule has 3 heteroatoms. The van der Waals surface area contributed by atoms with Crippen molar-refractivity contribution in [2.45, 2.75) is 20.0 Å². The van der Waals surface area contributed by atoms with Crippen LogP contribution in [0.5, 0.6) is 0 Å². The van der Waals surface area contributed by atoms with Crippen LogP contribution in [0, 0.1) is 0 Å². The molecule has 0 aliphatic heterocycles. The van der Waals surface area contributed by atoms with Crippen molar-refractivity contribution in [2.75, 3.05) is 6.61 Å². The summed E-state index contributed by atoms with van der Waals surface area (Å²) >= 11 is 0. The number of aromatic carboxylic acids is 1. The largest absolute Gasteiger partial charge is 0.478 e. The van der Waals surface area contributed by atoms with Crippen molar-refractivity contribution in [2.24, 2.45) is 0 Å². The van der Waals surface area contributed by atoms with Crippen LogP contribution >= 0.6 is 0 Å². The van der Waals surface area contributed by atoms with Crippen LogP contribution in [0.25, 0.3) is 0 Å². The van der Waals surface area contributed by atoms with E-state index in [2.05, 4.69) is 0 Å². The number of carboxylic acids is 1. The predicted octanol–water partition coefficient (Wildman–Crippen LogP) is 2.31. The third kappa shape index (κ3) is 3.18. The molecule has 0 fully saturated rings. The van der Waals surface area contributed by atoms with Crippen molar-refractivity contribution in [3.8, 4) is 0 Å². The standard InChI is InChI=1S/C11H14O3/c1-2-6-14-8-9-4-3-5-10(7-9)11(12)13/h3-5,7H,2,6,8H2,1H3,(H,12,13). The first-order valence-corrected chi connectivity index (χ1v) is 4.64. The predicted molar refractivity (Wildman–Crippen MR) is 53.3 cm³/mol. The molecule has 0 aromatic heterocycles. The smallest absolute Gasteiger partial charge is 0.335 e. The lowest BCUT2D eigenvalue weighted by Crippen LogP contribution is -1.99. The molecule has 0 atom stereocenters. The second-order valence-electron chi connectivity index (χ2n) is 3.06. The van der Waals surface area contributed by atoms with Gasteiger partial charge in [0.1, 0.15) is 0 Å². The Morgan fingerprint density at radius 3 is 2.93 bits per heavy atom. The molecule has 0 radical (unpaired) electrons. The van der Waals surface area contributed by atoms with Gasteiger partial charge < -0.3 is 9.84 Å². The van der Waals surface area contributed by atoms with Crippen LogP contribution in [0.2, 0.25) is 0 Å². The Kier molecular flexibility index (Phi) is 4.13. The Balaban J connectivity index is 2.59. The fourth-order valence-electron chi connectivity index (χ4n) is 1.13. The van der Waals surface area contributed by atoms with Crippen LogP contribution in [0.1, 0.15) is 29.3 Å². The summed E-state index contributed by atoms with van der Waals surface area (Å²) in [5.41, 5.74) is 1.21. The number of carboxylic acid groups (broad SMARTS) is 1. The molecule has 0 saturated carbocycles. The van der Waals surface area contributed by atoms with E-state index in [9.17, 15) is 4.79 Å². The van der Waals surface area contributed by atoms with Crippen molar-refractivity contribution in [3.05, 3.63) is 35.4 Å². The van der Waals surface area contributed by atoms with E-state index in [0.717, 1.165) is 12.0 Å². The van der Waals surface area contributed by atoms with Gasteiger partial charge in [0.05, 0.1) is 12.2 Å². The summed E-state index contributed by atoms with van der Waals surface area (Å²) < 4.78 is 5.31. The summed E-state index contributed by atoms with van der Waals surface area (Å²) in [4.78, 5) is 10.6. The molecule has 76 valence electrons. The minimum Gasteiger partial charge on any atom is -0.478 e. The average molecular weight is 194 g/mol.